The number of phenolic OH excluding ortho intramolecular Hbond substituents is 1. The van der Waals surface area contributed by atoms with Gasteiger partial charge in [-0.3, -0.25) is 9.69 Å². The maximum atomic E-state index is 12.7. The second-order valence-electron chi connectivity index (χ2n) is 5.14. The minimum atomic E-state index is -0.234. The molecule has 1 N–H and O–H groups in total. The van der Waals surface area contributed by atoms with E-state index in [2.05, 4.69) is 0 Å². The third-order valence-electron chi connectivity index (χ3n) is 3.65. The summed E-state index contributed by atoms with van der Waals surface area (Å²) in [7, 11) is 3.12. The Balaban J connectivity index is 1.93. The van der Waals surface area contributed by atoms with E-state index >= 15 is 0 Å². The highest BCUT2D eigenvalue weighted by molar-refractivity contribution is 8.27. The van der Waals surface area contributed by atoms with Crippen LogP contribution in [0, 0.1) is 0 Å². The van der Waals surface area contributed by atoms with Crippen molar-refractivity contribution in [2.24, 2.45) is 0 Å². The van der Waals surface area contributed by atoms with Crippen molar-refractivity contribution in [1.82, 2.24) is 0 Å². The van der Waals surface area contributed by atoms with Crippen LogP contribution in [-0.4, -0.2) is 29.6 Å². The monoisotopic (exact) mass is 373 g/mol. The number of phenols is 1. The van der Waals surface area contributed by atoms with Crippen LogP contribution in [0.25, 0.3) is 6.08 Å². The highest BCUT2D eigenvalue weighted by atomic mass is 32.2. The van der Waals surface area contributed by atoms with E-state index in [9.17, 15) is 9.90 Å². The van der Waals surface area contributed by atoms with Gasteiger partial charge in [0.25, 0.3) is 5.91 Å². The van der Waals surface area contributed by atoms with Crippen molar-refractivity contribution >= 4 is 46.0 Å². The third-order valence-corrected chi connectivity index (χ3v) is 4.95. The van der Waals surface area contributed by atoms with Crippen LogP contribution < -0.4 is 14.4 Å². The Morgan fingerprint density at radius 1 is 1.08 bits per heavy atom. The molecule has 0 unspecified atom stereocenters. The number of benzene rings is 2. The van der Waals surface area contributed by atoms with Crippen LogP contribution in [0.2, 0.25) is 0 Å². The van der Waals surface area contributed by atoms with Crippen molar-refractivity contribution in [2.45, 2.75) is 0 Å². The number of ether oxygens (including phenoxy) is 2. The predicted molar refractivity (Wildman–Crippen MR) is 103 cm³/mol. The number of thiocarbonyl (C=S) groups is 1. The fraction of sp³-hybridized carbons (Fsp3) is 0.111. The zero-order valence-corrected chi connectivity index (χ0v) is 15.2. The molecule has 5 nitrogen and oxygen atoms in total. The van der Waals surface area contributed by atoms with Gasteiger partial charge >= 0.3 is 0 Å². The van der Waals surface area contributed by atoms with Crippen LogP contribution in [0.5, 0.6) is 17.2 Å². The molecule has 0 aromatic heterocycles. The van der Waals surface area contributed by atoms with Crippen molar-refractivity contribution in [2.75, 3.05) is 19.1 Å². The molecular formula is C18H15NO4S2. The number of amides is 1. The van der Waals surface area contributed by atoms with Crippen LogP contribution in [0.1, 0.15) is 5.56 Å². The molecule has 128 valence electrons. The minimum absolute atomic E-state index is 0.0653. The molecule has 1 saturated heterocycles. The molecule has 2 aromatic rings. The number of carbonyl (C=O) groups is 1. The Labute approximate surface area is 154 Å². The fourth-order valence-corrected chi connectivity index (χ4v) is 3.63. The van der Waals surface area contributed by atoms with E-state index in [1.54, 1.807) is 56.7 Å². The van der Waals surface area contributed by atoms with Crippen molar-refractivity contribution in [3.63, 3.8) is 0 Å². The molecule has 7 heteroatoms. The Hall–Kier alpha value is -2.51. The first-order valence-electron chi connectivity index (χ1n) is 7.32. The molecule has 0 bridgehead atoms. The normalized spacial score (nSPS) is 15.8. The summed E-state index contributed by atoms with van der Waals surface area (Å²) in [5.74, 6) is 1.12. The van der Waals surface area contributed by atoms with Gasteiger partial charge in [0.15, 0.2) is 4.32 Å². The van der Waals surface area contributed by atoms with Crippen molar-refractivity contribution < 1.29 is 19.4 Å². The number of rotatable bonds is 4. The summed E-state index contributed by atoms with van der Waals surface area (Å²) in [4.78, 5) is 14.6. The molecule has 2 aromatic carbocycles. The molecule has 0 atom stereocenters. The molecule has 1 fully saturated rings. The highest BCUT2D eigenvalue weighted by Crippen LogP contribution is 2.37. The van der Waals surface area contributed by atoms with Gasteiger partial charge in [0.1, 0.15) is 17.2 Å². The summed E-state index contributed by atoms with van der Waals surface area (Å²) >= 11 is 6.53. The zero-order chi connectivity index (χ0) is 18.0. The topological polar surface area (TPSA) is 59.0 Å². The number of aromatic hydroxyl groups is 1. The second kappa shape index (κ2) is 7.16. The van der Waals surface area contributed by atoms with Crippen LogP contribution in [0.4, 0.5) is 5.69 Å². The predicted octanol–water partition coefficient (Wildman–Crippen LogP) is 3.82. The molecule has 1 amide bonds. The maximum absolute atomic E-state index is 12.7. The average Bonchev–Trinajstić information content (AvgIpc) is 2.90. The van der Waals surface area contributed by atoms with Crippen LogP contribution in [0.3, 0.4) is 0 Å². The number of anilines is 1. The van der Waals surface area contributed by atoms with Gasteiger partial charge in [-0.25, -0.2) is 0 Å². The van der Waals surface area contributed by atoms with Crippen molar-refractivity contribution in [3.8, 4) is 17.2 Å². The fourth-order valence-electron chi connectivity index (χ4n) is 2.34. The van der Waals surface area contributed by atoms with E-state index in [4.69, 9.17) is 21.7 Å². The number of carbonyl (C=O) groups excluding carboxylic acids is 1. The van der Waals surface area contributed by atoms with Crippen LogP contribution >= 0.6 is 24.0 Å². The highest BCUT2D eigenvalue weighted by Gasteiger charge is 2.33. The molecule has 1 aliphatic heterocycles. The number of nitrogens with zero attached hydrogens (tertiary/aromatic N) is 1. The van der Waals surface area contributed by atoms with Crippen LogP contribution in [0.15, 0.2) is 47.4 Å². The molecule has 0 saturated carbocycles. The smallest absolute Gasteiger partial charge is 0.270 e. The standard InChI is InChI=1S/C18H15NO4S2/c1-22-13-5-3-12(4-6-13)19-17(21)16(25-18(19)24)10-11-9-14(23-2)7-8-15(11)20/h3-10,20H,1-2H3/b16-10-. The lowest BCUT2D eigenvalue weighted by atomic mass is 10.1. The summed E-state index contributed by atoms with van der Waals surface area (Å²) in [6.45, 7) is 0. The van der Waals surface area contributed by atoms with Gasteiger partial charge in [0.2, 0.25) is 0 Å². The first kappa shape index (κ1) is 17.3. The van der Waals surface area contributed by atoms with Gasteiger partial charge in [0.05, 0.1) is 24.8 Å². The lowest BCUT2D eigenvalue weighted by Gasteiger charge is -2.14. The molecule has 0 spiro atoms. The van der Waals surface area contributed by atoms with E-state index in [0.717, 1.165) is 0 Å². The molecular weight excluding hydrogens is 358 g/mol. The second-order valence-corrected chi connectivity index (χ2v) is 6.82. The van der Waals surface area contributed by atoms with Crippen molar-refractivity contribution in [1.29, 1.82) is 0 Å². The molecule has 0 aliphatic carbocycles. The molecule has 0 radical (unpaired) electrons. The zero-order valence-electron chi connectivity index (χ0n) is 13.6. The first-order chi connectivity index (χ1) is 12.0. The SMILES string of the molecule is COc1ccc(N2C(=O)/C(=C/c3cc(OC)ccc3O)SC2=S)cc1. The number of methoxy groups -OCH3 is 2. The summed E-state index contributed by atoms with van der Waals surface area (Å²) < 4.78 is 10.7. The number of hydrogen-bond acceptors (Lipinski definition) is 6. The van der Waals surface area contributed by atoms with Crippen LogP contribution in [-0.2, 0) is 4.79 Å². The van der Waals surface area contributed by atoms with E-state index in [-0.39, 0.29) is 11.7 Å². The van der Waals surface area contributed by atoms with Gasteiger partial charge < -0.3 is 14.6 Å². The van der Waals surface area contributed by atoms with Gasteiger partial charge in [-0.1, -0.05) is 24.0 Å². The van der Waals surface area contributed by atoms with Gasteiger partial charge in [-0.15, -0.1) is 0 Å². The Kier molecular flexibility index (Phi) is 4.96. The average molecular weight is 373 g/mol. The van der Waals surface area contributed by atoms with Gasteiger partial charge in [0, 0.05) is 5.56 Å². The molecule has 3 rings (SSSR count). The summed E-state index contributed by atoms with van der Waals surface area (Å²) in [5.41, 5.74) is 1.16. The molecule has 1 aliphatic rings. The van der Waals surface area contributed by atoms with E-state index in [1.165, 1.54) is 22.7 Å². The van der Waals surface area contributed by atoms with E-state index < -0.39 is 0 Å². The van der Waals surface area contributed by atoms with E-state index in [0.29, 0.717) is 32.0 Å². The molecule has 1 heterocycles. The number of hydrogen-bond donors (Lipinski definition) is 1. The first-order valence-corrected chi connectivity index (χ1v) is 8.55. The van der Waals surface area contributed by atoms with Crippen molar-refractivity contribution in [3.05, 3.63) is 52.9 Å². The summed E-state index contributed by atoms with van der Waals surface area (Å²) in [6.07, 6.45) is 1.61. The van der Waals surface area contributed by atoms with Gasteiger partial charge in [-0.05, 0) is 48.5 Å². The Morgan fingerprint density at radius 3 is 2.36 bits per heavy atom. The maximum Gasteiger partial charge on any atom is 0.270 e. The third kappa shape index (κ3) is 3.47. The largest absolute Gasteiger partial charge is 0.507 e. The summed E-state index contributed by atoms with van der Waals surface area (Å²) in [6, 6.07) is 11.9. The minimum Gasteiger partial charge on any atom is -0.507 e. The summed E-state index contributed by atoms with van der Waals surface area (Å²) in [5, 5.41) is 10.0. The Morgan fingerprint density at radius 2 is 1.72 bits per heavy atom. The van der Waals surface area contributed by atoms with E-state index in [1.807, 2.05) is 0 Å². The lowest BCUT2D eigenvalue weighted by molar-refractivity contribution is -0.113. The Bertz CT molecular complexity index is 862. The quantitative estimate of drug-likeness (QED) is 0.650. The molecule has 25 heavy (non-hydrogen) atoms. The van der Waals surface area contributed by atoms with Gasteiger partial charge in [-0.2, -0.15) is 0 Å². The number of thioether (sulfide) groups is 1. The lowest BCUT2D eigenvalue weighted by Crippen LogP contribution is -2.27.